The number of aryl methyl sites for hydroxylation is 1. The first-order valence-corrected chi connectivity index (χ1v) is 7.86. The second-order valence-electron chi connectivity index (χ2n) is 5.71. The van der Waals surface area contributed by atoms with E-state index in [1.165, 1.54) is 12.1 Å². The van der Waals surface area contributed by atoms with Crippen LogP contribution in [0, 0.1) is 18.6 Å². The highest BCUT2D eigenvalue weighted by Gasteiger charge is 2.19. The van der Waals surface area contributed by atoms with Gasteiger partial charge < -0.3 is 0 Å². The van der Waals surface area contributed by atoms with Crippen LogP contribution in [0.5, 0.6) is 0 Å². The molecule has 0 aliphatic carbocycles. The lowest BCUT2D eigenvalue weighted by Gasteiger charge is -2.18. The van der Waals surface area contributed by atoms with Gasteiger partial charge in [0.05, 0.1) is 5.69 Å². The minimum Gasteiger partial charge on any atom is -0.278 e. The number of pyridine rings is 1. The molecule has 3 aromatic rings. The summed E-state index contributed by atoms with van der Waals surface area (Å²) in [5.74, 6) is -1.66. The predicted octanol–water partition coefficient (Wildman–Crippen LogP) is 5.10. The Morgan fingerprint density at radius 2 is 1.73 bits per heavy atom. The normalized spacial score (nSPS) is 10.6. The zero-order valence-electron chi connectivity index (χ0n) is 13.9. The molecule has 0 spiro atoms. The molecule has 6 heteroatoms. The molecular weight excluding hydrogens is 341 g/mol. The molecule has 132 valence electrons. The molecule has 0 N–H and O–H groups in total. The zero-order chi connectivity index (χ0) is 18.7. The van der Waals surface area contributed by atoms with Crippen molar-refractivity contribution in [1.82, 2.24) is 4.98 Å². The molecule has 1 aromatic heterocycles. The maximum atomic E-state index is 14.0. The van der Waals surface area contributed by atoms with E-state index in [0.717, 1.165) is 28.2 Å². The van der Waals surface area contributed by atoms with E-state index in [9.17, 15) is 18.0 Å². The Morgan fingerprint density at radius 1 is 1.04 bits per heavy atom. The molecule has 0 aliphatic heterocycles. The van der Waals surface area contributed by atoms with Crippen LogP contribution < -0.4 is 4.90 Å². The molecule has 0 saturated heterocycles. The summed E-state index contributed by atoms with van der Waals surface area (Å²) < 4.78 is 40.9. The lowest BCUT2D eigenvalue weighted by atomic mass is 10.0. The van der Waals surface area contributed by atoms with Crippen molar-refractivity contribution < 1.29 is 18.0 Å². The number of aromatic nitrogens is 1. The largest absolute Gasteiger partial charge is 0.278 e. The third kappa shape index (κ3) is 3.31. The Hall–Kier alpha value is -3.15. The Bertz CT molecular complexity index is 939. The van der Waals surface area contributed by atoms with Crippen LogP contribution in [0.1, 0.15) is 11.1 Å². The van der Waals surface area contributed by atoms with E-state index in [2.05, 4.69) is 4.98 Å². The fourth-order valence-electron chi connectivity index (χ4n) is 2.74. The number of anilines is 2. The summed E-state index contributed by atoms with van der Waals surface area (Å²) >= 11 is 0. The van der Waals surface area contributed by atoms with E-state index in [1.54, 1.807) is 30.3 Å². The molecule has 3 rings (SSSR count). The van der Waals surface area contributed by atoms with Crippen LogP contribution in [0.25, 0.3) is 11.3 Å². The Kier molecular flexibility index (Phi) is 5.02. The van der Waals surface area contributed by atoms with Gasteiger partial charge in [0.2, 0.25) is 6.41 Å². The first-order valence-electron chi connectivity index (χ1n) is 7.86. The number of carbonyl (C=O) groups excluding carboxylic acids is 1. The summed E-state index contributed by atoms with van der Waals surface area (Å²) in [5.41, 5.74) is 2.11. The highest BCUT2D eigenvalue weighted by molar-refractivity contribution is 5.86. The van der Waals surface area contributed by atoms with Crippen molar-refractivity contribution in [1.29, 1.82) is 0 Å². The average Bonchev–Trinajstić information content (AvgIpc) is 2.64. The van der Waals surface area contributed by atoms with Gasteiger partial charge >= 0.3 is 0 Å². The van der Waals surface area contributed by atoms with Crippen molar-refractivity contribution in [3.8, 4) is 11.3 Å². The minimum atomic E-state index is -0.868. The summed E-state index contributed by atoms with van der Waals surface area (Å²) in [6.07, 6.45) is 0.312. The average molecular weight is 356 g/mol. The smallest absolute Gasteiger partial charge is 0.220 e. The minimum absolute atomic E-state index is 0.0791. The maximum Gasteiger partial charge on any atom is 0.220 e. The number of amides is 1. The Balaban J connectivity index is 2.07. The molecule has 1 amide bonds. The van der Waals surface area contributed by atoms with Gasteiger partial charge in [0.25, 0.3) is 0 Å². The fraction of sp³-hybridized carbons (Fsp3) is 0.100. The van der Waals surface area contributed by atoms with Crippen LogP contribution in [0.15, 0.2) is 54.6 Å². The van der Waals surface area contributed by atoms with Crippen LogP contribution in [0.2, 0.25) is 0 Å². The van der Waals surface area contributed by atoms with Gasteiger partial charge in [-0.1, -0.05) is 30.3 Å². The number of hydrogen-bond donors (Lipinski definition) is 0. The van der Waals surface area contributed by atoms with Crippen molar-refractivity contribution >= 4 is 17.9 Å². The van der Waals surface area contributed by atoms with E-state index in [1.807, 2.05) is 6.92 Å². The second-order valence-corrected chi connectivity index (χ2v) is 5.71. The summed E-state index contributed by atoms with van der Waals surface area (Å²) in [6.45, 7) is 1.25. The highest BCUT2D eigenvalue weighted by Crippen LogP contribution is 2.30. The molecule has 0 bridgehead atoms. The van der Waals surface area contributed by atoms with Crippen LogP contribution in [0.3, 0.4) is 0 Å². The standard InChI is InChI=1S/C20H15F3N2O/c1-13-10-14(11-21)8-9-15(13)18-6-3-7-19(24-18)25(12-26)20-16(22)4-2-5-17(20)23/h2-10,12H,11H2,1H3. The van der Waals surface area contributed by atoms with Gasteiger partial charge in [0.1, 0.15) is 29.8 Å². The number of nitrogens with zero attached hydrogens (tertiary/aromatic N) is 2. The van der Waals surface area contributed by atoms with E-state index in [-0.39, 0.29) is 5.82 Å². The van der Waals surface area contributed by atoms with Crippen molar-refractivity contribution in [2.75, 3.05) is 4.90 Å². The van der Waals surface area contributed by atoms with Crippen molar-refractivity contribution in [2.45, 2.75) is 13.6 Å². The zero-order valence-corrected chi connectivity index (χ0v) is 13.9. The molecule has 1 heterocycles. The third-order valence-corrected chi connectivity index (χ3v) is 3.99. The van der Waals surface area contributed by atoms with Gasteiger partial charge in [0, 0.05) is 5.56 Å². The van der Waals surface area contributed by atoms with Gasteiger partial charge in [-0.15, -0.1) is 0 Å². The quantitative estimate of drug-likeness (QED) is 0.596. The van der Waals surface area contributed by atoms with Gasteiger partial charge in [-0.25, -0.2) is 18.2 Å². The molecule has 26 heavy (non-hydrogen) atoms. The van der Waals surface area contributed by atoms with E-state index < -0.39 is 24.0 Å². The first-order chi connectivity index (χ1) is 12.5. The maximum absolute atomic E-state index is 14.0. The number of halogens is 3. The Morgan fingerprint density at radius 3 is 2.35 bits per heavy atom. The molecule has 0 radical (unpaired) electrons. The van der Waals surface area contributed by atoms with Gasteiger partial charge in [-0.05, 0) is 42.3 Å². The van der Waals surface area contributed by atoms with Crippen molar-refractivity contribution in [2.24, 2.45) is 0 Å². The molecule has 0 fully saturated rings. The number of rotatable bonds is 5. The number of para-hydroxylation sites is 1. The van der Waals surface area contributed by atoms with Crippen LogP contribution in [-0.2, 0) is 11.5 Å². The van der Waals surface area contributed by atoms with Gasteiger partial charge in [-0.3, -0.25) is 9.69 Å². The fourth-order valence-corrected chi connectivity index (χ4v) is 2.74. The first kappa shape index (κ1) is 17.7. The van der Waals surface area contributed by atoms with E-state index >= 15 is 0 Å². The summed E-state index contributed by atoms with van der Waals surface area (Å²) in [4.78, 5) is 16.7. The van der Waals surface area contributed by atoms with Gasteiger partial charge in [-0.2, -0.15) is 0 Å². The van der Waals surface area contributed by atoms with Crippen LogP contribution in [0.4, 0.5) is 24.7 Å². The molecule has 2 aromatic carbocycles. The number of carbonyl (C=O) groups is 1. The summed E-state index contributed by atoms with van der Waals surface area (Å²) in [6, 6.07) is 13.3. The lowest BCUT2D eigenvalue weighted by Crippen LogP contribution is -2.18. The summed E-state index contributed by atoms with van der Waals surface area (Å²) in [5, 5.41) is 0. The molecule has 0 unspecified atom stereocenters. The number of benzene rings is 2. The molecule has 0 saturated carbocycles. The molecule has 0 atom stereocenters. The predicted molar refractivity (Wildman–Crippen MR) is 93.8 cm³/mol. The van der Waals surface area contributed by atoms with Crippen LogP contribution >= 0.6 is 0 Å². The van der Waals surface area contributed by atoms with Crippen LogP contribution in [-0.4, -0.2) is 11.4 Å². The van der Waals surface area contributed by atoms with E-state index in [4.69, 9.17) is 0 Å². The lowest BCUT2D eigenvalue weighted by molar-refractivity contribution is -0.106. The molecular formula is C20H15F3N2O. The second kappa shape index (κ2) is 7.39. The monoisotopic (exact) mass is 356 g/mol. The third-order valence-electron chi connectivity index (χ3n) is 3.99. The molecule has 3 nitrogen and oxygen atoms in total. The van der Waals surface area contributed by atoms with Gasteiger partial charge in [0.15, 0.2) is 0 Å². The Labute approximate surface area is 148 Å². The summed E-state index contributed by atoms with van der Waals surface area (Å²) in [7, 11) is 0. The van der Waals surface area contributed by atoms with Crippen molar-refractivity contribution in [3.05, 3.63) is 77.4 Å². The number of alkyl halides is 1. The topological polar surface area (TPSA) is 33.2 Å². The number of hydrogen-bond acceptors (Lipinski definition) is 2. The molecule has 0 aliphatic rings. The highest BCUT2D eigenvalue weighted by atomic mass is 19.1. The SMILES string of the molecule is Cc1cc(CF)ccc1-c1cccc(N(C=O)c2c(F)cccc2F)n1. The van der Waals surface area contributed by atoms with E-state index in [0.29, 0.717) is 17.7 Å². The van der Waals surface area contributed by atoms with Crippen molar-refractivity contribution in [3.63, 3.8) is 0 Å².